The molecule has 0 saturated carbocycles. The number of phenols is 1. The molecule has 0 heterocycles. The number of amides is 2. The van der Waals surface area contributed by atoms with Crippen molar-refractivity contribution in [1.82, 2.24) is 0 Å². The van der Waals surface area contributed by atoms with Crippen molar-refractivity contribution in [2.75, 3.05) is 16.2 Å². The Balaban J connectivity index is 1.88. The largest absolute Gasteiger partial charge is 0.504 e. The van der Waals surface area contributed by atoms with Crippen molar-refractivity contribution in [2.24, 2.45) is 0 Å². The standard InChI is InChI=1S/C25H24N2O6S/c1-3-33-24-16-18(11-15-23(24)29)10-14-22(28)20-6-4-5-7-21(20)27(34(31)32)25(30)26-19-12-8-17(2)9-13-19/h4-16,29H,3H2,1-2H3,(H,26,30)(H,31,32)/b14-10+. The van der Waals surface area contributed by atoms with Gasteiger partial charge in [0.2, 0.25) is 0 Å². The van der Waals surface area contributed by atoms with Crippen molar-refractivity contribution in [3.8, 4) is 11.5 Å². The minimum atomic E-state index is -2.74. The number of nitrogens with zero attached hydrogens (tertiary/aromatic N) is 1. The first-order valence-corrected chi connectivity index (χ1v) is 11.4. The Labute approximate surface area is 199 Å². The van der Waals surface area contributed by atoms with Crippen LogP contribution in [-0.4, -0.2) is 32.3 Å². The Morgan fingerprint density at radius 3 is 2.47 bits per heavy atom. The molecule has 34 heavy (non-hydrogen) atoms. The van der Waals surface area contributed by atoms with E-state index in [1.165, 1.54) is 30.4 Å². The van der Waals surface area contributed by atoms with E-state index >= 15 is 0 Å². The lowest BCUT2D eigenvalue weighted by Gasteiger charge is -2.20. The lowest BCUT2D eigenvalue weighted by atomic mass is 10.1. The SMILES string of the molecule is CCOc1cc(/C=C/C(=O)c2ccccc2N(C(=O)Nc2ccc(C)cc2)S(=O)O)ccc1O. The van der Waals surface area contributed by atoms with Gasteiger partial charge in [0.1, 0.15) is 0 Å². The van der Waals surface area contributed by atoms with Gasteiger partial charge in [-0.1, -0.05) is 42.0 Å². The van der Waals surface area contributed by atoms with E-state index in [-0.39, 0.29) is 22.7 Å². The minimum Gasteiger partial charge on any atom is -0.504 e. The molecule has 8 nitrogen and oxygen atoms in total. The van der Waals surface area contributed by atoms with Crippen molar-refractivity contribution < 1.29 is 28.2 Å². The number of ketones is 1. The highest BCUT2D eigenvalue weighted by atomic mass is 32.2. The number of rotatable bonds is 8. The van der Waals surface area contributed by atoms with Crippen LogP contribution in [0.4, 0.5) is 16.2 Å². The molecular formula is C25H24N2O6S. The monoisotopic (exact) mass is 480 g/mol. The number of aromatic hydroxyl groups is 1. The van der Waals surface area contributed by atoms with E-state index in [0.29, 0.717) is 22.2 Å². The number of hydrogen-bond acceptors (Lipinski definition) is 5. The smallest absolute Gasteiger partial charge is 0.340 e. The number of nitrogens with one attached hydrogen (secondary N) is 1. The van der Waals surface area contributed by atoms with E-state index in [1.807, 2.05) is 6.92 Å². The summed E-state index contributed by atoms with van der Waals surface area (Å²) in [5, 5.41) is 12.4. The van der Waals surface area contributed by atoms with Crippen LogP contribution in [0.1, 0.15) is 28.4 Å². The average Bonchev–Trinajstić information content (AvgIpc) is 2.81. The quantitative estimate of drug-likeness (QED) is 0.233. The molecule has 0 spiro atoms. The van der Waals surface area contributed by atoms with E-state index in [9.17, 15) is 23.5 Å². The molecule has 3 rings (SSSR count). The van der Waals surface area contributed by atoms with Gasteiger partial charge in [-0.05, 0) is 61.9 Å². The molecule has 0 aliphatic heterocycles. The highest BCUT2D eigenvalue weighted by Crippen LogP contribution is 2.28. The highest BCUT2D eigenvalue weighted by Gasteiger charge is 2.25. The van der Waals surface area contributed by atoms with Gasteiger partial charge in [0, 0.05) is 11.3 Å². The summed E-state index contributed by atoms with van der Waals surface area (Å²) in [4.78, 5) is 25.8. The Bertz CT molecular complexity index is 1240. The minimum absolute atomic E-state index is 0.0173. The number of phenolic OH excluding ortho intramolecular Hbond substituents is 1. The molecule has 176 valence electrons. The molecular weight excluding hydrogens is 456 g/mol. The van der Waals surface area contributed by atoms with Gasteiger partial charge in [0.15, 0.2) is 17.3 Å². The molecule has 1 unspecified atom stereocenters. The van der Waals surface area contributed by atoms with Crippen molar-refractivity contribution in [2.45, 2.75) is 13.8 Å². The van der Waals surface area contributed by atoms with Crippen molar-refractivity contribution in [3.63, 3.8) is 0 Å². The van der Waals surface area contributed by atoms with E-state index in [2.05, 4.69) is 5.32 Å². The third kappa shape index (κ3) is 6.09. The third-order valence-corrected chi connectivity index (χ3v) is 5.42. The predicted octanol–water partition coefficient (Wildman–Crippen LogP) is 5.17. The third-order valence-electron chi connectivity index (χ3n) is 4.74. The van der Waals surface area contributed by atoms with E-state index in [0.717, 1.165) is 5.56 Å². The first-order chi connectivity index (χ1) is 16.3. The fourth-order valence-electron chi connectivity index (χ4n) is 3.10. The van der Waals surface area contributed by atoms with Gasteiger partial charge >= 0.3 is 6.03 Å². The Morgan fingerprint density at radius 1 is 1.09 bits per heavy atom. The summed E-state index contributed by atoms with van der Waals surface area (Å²) < 4.78 is 27.9. The zero-order chi connectivity index (χ0) is 24.7. The van der Waals surface area contributed by atoms with Gasteiger partial charge in [-0.15, -0.1) is 0 Å². The number of benzene rings is 3. The molecule has 9 heteroatoms. The van der Waals surface area contributed by atoms with Crippen molar-refractivity contribution in [3.05, 3.63) is 89.5 Å². The second-order valence-electron chi connectivity index (χ2n) is 7.20. The molecule has 3 N–H and O–H groups in total. The van der Waals surface area contributed by atoms with E-state index < -0.39 is 23.1 Å². The predicted molar refractivity (Wildman–Crippen MR) is 133 cm³/mol. The number of ether oxygens (including phenoxy) is 1. The summed E-state index contributed by atoms with van der Waals surface area (Å²) in [6.45, 7) is 4.05. The molecule has 2 amide bonds. The molecule has 3 aromatic rings. The molecule has 1 atom stereocenters. The Morgan fingerprint density at radius 2 is 1.79 bits per heavy atom. The zero-order valence-corrected chi connectivity index (χ0v) is 19.4. The second kappa shape index (κ2) is 11.3. The molecule has 0 aliphatic rings. The maximum atomic E-state index is 13.0. The molecule has 0 aromatic heterocycles. The Hall–Kier alpha value is -3.95. The maximum absolute atomic E-state index is 13.0. The number of carbonyl (C=O) groups excluding carboxylic acids is 2. The topological polar surface area (TPSA) is 116 Å². The summed E-state index contributed by atoms with van der Waals surface area (Å²) in [6, 6.07) is 16.7. The fraction of sp³-hybridized carbons (Fsp3) is 0.120. The highest BCUT2D eigenvalue weighted by molar-refractivity contribution is 7.81. The average molecular weight is 481 g/mol. The van der Waals surface area contributed by atoms with Crippen LogP contribution in [0.25, 0.3) is 6.08 Å². The molecule has 0 saturated heterocycles. The first-order valence-electron chi connectivity index (χ1n) is 10.4. The van der Waals surface area contributed by atoms with E-state index in [1.54, 1.807) is 55.5 Å². The first kappa shape index (κ1) is 24.7. The van der Waals surface area contributed by atoms with Gasteiger partial charge in [-0.3, -0.25) is 9.35 Å². The van der Waals surface area contributed by atoms with Crippen LogP contribution >= 0.6 is 0 Å². The molecule has 0 fully saturated rings. The molecule has 0 bridgehead atoms. The van der Waals surface area contributed by atoms with Crippen molar-refractivity contribution in [1.29, 1.82) is 0 Å². The number of para-hydroxylation sites is 1. The normalized spacial score (nSPS) is 11.7. The number of hydrogen-bond donors (Lipinski definition) is 3. The lowest BCUT2D eigenvalue weighted by Crippen LogP contribution is -2.37. The molecule has 0 aliphatic carbocycles. The van der Waals surface area contributed by atoms with Gasteiger partial charge in [-0.25, -0.2) is 9.00 Å². The van der Waals surface area contributed by atoms with Crippen LogP contribution in [0.3, 0.4) is 0 Å². The molecule has 0 radical (unpaired) electrons. The summed E-state index contributed by atoms with van der Waals surface area (Å²) in [6.07, 6.45) is 2.80. The summed E-state index contributed by atoms with van der Waals surface area (Å²) in [5.74, 6) is -0.219. The zero-order valence-electron chi connectivity index (χ0n) is 18.6. The lowest BCUT2D eigenvalue weighted by molar-refractivity contribution is 0.104. The number of allylic oxidation sites excluding steroid dienone is 1. The van der Waals surface area contributed by atoms with Crippen LogP contribution in [-0.2, 0) is 11.3 Å². The van der Waals surface area contributed by atoms with Gasteiger partial charge in [0.05, 0.1) is 12.3 Å². The second-order valence-corrected chi connectivity index (χ2v) is 8.02. The van der Waals surface area contributed by atoms with Gasteiger partial charge < -0.3 is 15.2 Å². The number of carbonyl (C=O) groups is 2. The number of anilines is 2. The van der Waals surface area contributed by atoms with Crippen LogP contribution < -0.4 is 14.4 Å². The maximum Gasteiger partial charge on any atom is 0.340 e. The van der Waals surface area contributed by atoms with E-state index in [4.69, 9.17) is 4.74 Å². The number of urea groups is 1. The summed E-state index contributed by atoms with van der Waals surface area (Å²) in [5.41, 5.74) is 2.07. The summed E-state index contributed by atoms with van der Waals surface area (Å²) in [7, 11) is 0. The number of aryl methyl sites for hydroxylation is 1. The van der Waals surface area contributed by atoms with Gasteiger partial charge in [0.25, 0.3) is 11.3 Å². The molecule has 3 aromatic carbocycles. The van der Waals surface area contributed by atoms with Crippen LogP contribution in [0.2, 0.25) is 0 Å². The summed E-state index contributed by atoms with van der Waals surface area (Å²) >= 11 is -2.74. The van der Waals surface area contributed by atoms with Crippen molar-refractivity contribution >= 4 is 40.5 Å². The Kier molecular flexibility index (Phi) is 8.18. The fourth-order valence-corrected chi connectivity index (χ4v) is 3.62. The van der Waals surface area contributed by atoms with Crippen LogP contribution in [0.15, 0.2) is 72.8 Å². The van der Waals surface area contributed by atoms with Crippen LogP contribution in [0, 0.1) is 6.92 Å². The van der Waals surface area contributed by atoms with Gasteiger partial charge in [-0.2, -0.15) is 4.31 Å². The van der Waals surface area contributed by atoms with Crippen LogP contribution in [0.5, 0.6) is 11.5 Å².